The standard InChI is InChI=1S/C19H27NO2/c1-15(13-14-16(2)21)19(22)20(17-9-5-3-6-10-17)18-11-7-4-8-12-18/h3,5-6,9-10,15,18H,4,7-8,11-14H2,1-2H3. The fourth-order valence-corrected chi connectivity index (χ4v) is 3.23. The number of para-hydroxylation sites is 1. The highest BCUT2D eigenvalue weighted by Crippen LogP contribution is 2.29. The van der Waals surface area contributed by atoms with Crippen molar-refractivity contribution in [2.45, 2.75) is 64.8 Å². The van der Waals surface area contributed by atoms with E-state index in [0.717, 1.165) is 18.5 Å². The summed E-state index contributed by atoms with van der Waals surface area (Å²) in [5, 5.41) is 0. The Morgan fingerprint density at radius 2 is 1.77 bits per heavy atom. The molecule has 120 valence electrons. The predicted molar refractivity (Wildman–Crippen MR) is 89.9 cm³/mol. The minimum absolute atomic E-state index is 0.106. The van der Waals surface area contributed by atoms with Crippen molar-refractivity contribution in [1.29, 1.82) is 0 Å². The number of hydrogen-bond acceptors (Lipinski definition) is 2. The Labute approximate surface area is 133 Å². The van der Waals surface area contributed by atoms with Gasteiger partial charge in [0, 0.05) is 24.1 Å². The van der Waals surface area contributed by atoms with Crippen molar-refractivity contribution in [1.82, 2.24) is 0 Å². The Hall–Kier alpha value is -1.64. The first-order valence-corrected chi connectivity index (χ1v) is 8.47. The average molecular weight is 301 g/mol. The highest BCUT2D eigenvalue weighted by atomic mass is 16.2. The first kappa shape index (κ1) is 16.7. The molecule has 1 atom stereocenters. The molecular formula is C19H27NO2. The maximum absolute atomic E-state index is 13.0. The molecule has 1 unspecified atom stereocenters. The van der Waals surface area contributed by atoms with Crippen LogP contribution in [0.25, 0.3) is 0 Å². The number of hydrogen-bond donors (Lipinski definition) is 0. The van der Waals surface area contributed by atoms with Crippen molar-refractivity contribution in [2.24, 2.45) is 5.92 Å². The topological polar surface area (TPSA) is 37.4 Å². The molecule has 0 spiro atoms. The molecule has 0 saturated heterocycles. The van der Waals surface area contributed by atoms with E-state index in [9.17, 15) is 9.59 Å². The van der Waals surface area contributed by atoms with Crippen molar-refractivity contribution >= 4 is 17.4 Å². The van der Waals surface area contributed by atoms with Crippen molar-refractivity contribution in [3.63, 3.8) is 0 Å². The van der Waals surface area contributed by atoms with E-state index in [4.69, 9.17) is 0 Å². The maximum atomic E-state index is 13.0. The molecule has 3 nitrogen and oxygen atoms in total. The number of ketones is 1. The highest BCUT2D eigenvalue weighted by Gasteiger charge is 2.29. The van der Waals surface area contributed by atoms with E-state index < -0.39 is 0 Å². The third-order valence-electron chi connectivity index (χ3n) is 4.56. The van der Waals surface area contributed by atoms with E-state index in [1.807, 2.05) is 42.2 Å². The van der Waals surface area contributed by atoms with Gasteiger partial charge in [0.05, 0.1) is 0 Å². The molecule has 0 N–H and O–H groups in total. The molecule has 1 aliphatic rings. The summed E-state index contributed by atoms with van der Waals surface area (Å²) in [6, 6.07) is 10.3. The second-order valence-electron chi connectivity index (χ2n) is 6.48. The van der Waals surface area contributed by atoms with E-state index in [2.05, 4.69) is 0 Å². The molecule has 0 aliphatic heterocycles. The summed E-state index contributed by atoms with van der Waals surface area (Å²) >= 11 is 0. The number of amides is 1. The lowest BCUT2D eigenvalue weighted by atomic mass is 9.92. The normalized spacial score (nSPS) is 17.0. The monoisotopic (exact) mass is 301 g/mol. The number of carbonyl (C=O) groups excluding carboxylic acids is 2. The van der Waals surface area contributed by atoms with Gasteiger partial charge in [-0.2, -0.15) is 0 Å². The zero-order valence-corrected chi connectivity index (χ0v) is 13.8. The Kier molecular flexibility index (Phi) is 6.17. The number of carbonyl (C=O) groups is 2. The average Bonchev–Trinajstić information content (AvgIpc) is 2.54. The lowest BCUT2D eigenvalue weighted by Crippen LogP contribution is -2.44. The lowest BCUT2D eigenvalue weighted by molar-refractivity contribution is -0.123. The molecule has 1 fully saturated rings. The van der Waals surface area contributed by atoms with E-state index in [-0.39, 0.29) is 17.6 Å². The zero-order valence-electron chi connectivity index (χ0n) is 13.8. The molecule has 1 aromatic rings. The van der Waals surface area contributed by atoms with E-state index in [0.29, 0.717) is 18.9 Å². The van der Waals surface area contributed by atoms with E-state index in [1.165, 1.54) is 19.3 Å². The number of benzene rings is 1. The maximum Gasteiger partial charge on any atom is 0.230 e. The van der Waals surface area contributed by atoms with Crippen LogP contribution in [0.4, 0.5) is 5.69 Å². The third kappa shape index (κ3) is 4.43. The van der Waals surface area contributed by atoms with Crippen LogP contribution in [0.1, 0.15) is 58.8 Å². The molecule has 3 heteroatoms. The molecule has 22 heavy (non-hydrogen) atoms. The summed E-state index contributed by atoms with van der Waals surface area (Å²) in [5.41, 5.74) is 0.995. The van der Waals surface area contributed by atoms with Crippen LogP contribution in [-0.4, -0.2) is 17.7 Å². The van der Waals surface area contributed by atoms with Crippen molar-refractivity contribution in [3.05, 3.63) is 30.3 Å². The van der Waals surface area contributed by atoms with Crippen LogP contribution >= 0.6 is 0 Å². The second-order valence-corrected chi connectivity index (χ2v) is 6.48. The van der Waals surface area contributed by atoms with Gasteiger partial charge in [-0.25, -0.2) is 0 Å². The zero-order chi connectivity index (χ0) is 15.9. The summed E-state index contributed by atoms with van der Waals surface area (Å²) in [6.07, 6.45) is 6.96. The Morgan fingerprint density at radius 1 is 1.14 bits per heavy atom. The SMILES string of the molecule is CC(=O)CCC(C)C(=O)N(c1ccccc1)C1CCCCC1. The first-order chi connectivity index (χ1) is 10.6. The number of anilines is 1. The summed E-state index contributed by atoms with van der Waals surface area (Å²) in [6.45, 7) is 3.54. The molecule has 1 saturated carbocycles. The van der Waals surface area contributed by atoms with Gasteiger partial charge in [-0.15, -0.1) is 0 Å². The number of rotatable bonds is 6. The van der Waals surface area contributed by atoms with Gasteiger partial charge in [-0.1, -0.05) is 44.4 Å². The minimum Gasteiger partial charge on any atom is -0.309 e. The van der Waals surface area contributed by atoms with Crippen LogP contribution in [0, 0.1) is 5.92 Å². The molecule has 0 radical (unpaired) electrons. The molecule has 1 amide bonds. The first-order valence-electron chi connectivity index (χ1n) is 8.47. The molecule has 1 aliphatic carbocycles. The minimum atomic E-state index is -0.106. The van der Waals surface area contributed by atoms with Crippen molar-refractivity contribution in [3.8, 4) is 0 Å². The van der Waals surface area contributed by atoms with Crippen molar-refractivity contribution in [2.75, 3.05) is 4.90 Å². The smallest absolute Gasteiger partial charge is 0.230 e. The van der Waals surface area contributed by atoms with Crippen LogP contribution in [0.3, 0.4) is 0 Å². The van der Waals surface area contributed by atoms with E-state index in [1.54, 1.807) is 6.92 Å². The van der Waals surface area contributed by atoms with Gasteiger partial charge in [0.2, 0.25) is 5.91 Å². The van der Waals surface area contributed by atoms with E-state index >= 15 is 0 Å². The summed E-state index contributed by atoms with van der Waals surface area (Å²) in [5.74, 6) is 0.217. The summed E-state index contributed by atoms with van der Waals surface area (Å²) < 4.78 is 0. The van der Waals surface area contributed by atoms with Gasteiger partial charge < -0.3 is 9.69 Å². The second kappa shape index (κ2) is 8.11. The van der Waals surface area contributed by atoms with Crippen LogP contribution in [0.5, 0.6) is 0 Å². The fourth-order valence-electron chi connectivity index (χ4n) is 3.23. The van der Waals surface area contributed by atoms with Gasteiger partial charge in [-0.3, -0.25) is 4.79 Å². The quantitative estimate of drug-likeness (QED) is 0.783. The molecule has 0 aromatic heterocycles. The Morgan fingerprint density at radius 3 is 2.36 bits per heavy atom. The summed E-state index contributed by atoms with van der Waals surface area (Å²) in [4.78, 5) is 26.2. The predicted octanol–water partition coefficient (Wildman–Crippen LogP) is 4.36. The van der Waals surface area contributed by atoms with Crippen LogP contribution in [-0.2, 0) is 9.59 Å². The molecule has 0 bridgehead atoms. The van der Waals surface area contributed by atoms with Crippen LogP contribution in [0.15, 0.2) is 30.3 Å². The van der Waals surface area contributed by atoms with Gasteiger partial charge in [0.1, 0.15) is 5.78 Å². The third-order valence-corrected chi connectivity index (χ3v) is 4.56. The van der Waals surface area contributed by atoms with Crippen LogP contribution < -0.4 is 4.90 Å². The molecule has 1 aromatic carbocycles. The van der Waals surface area contributed by atoms with Crippen LogP contribution in [0.2, 0.25) is 0 Å². The van der Waals surface area contributed by atoms with Crippen molar-refractivity contribution < 1.29 is 9.59 Å². The number of Topliss-reactive ketones (excluding diaryl/α,β-unsaturated/α-hetero) is 1. The van der Waals surface area contributed by atoms with Gasteiger partial charge in [0.15, 0.2) is 0 Å². The largest absolute Gasteiger partial charge is 0.309 e. The Balaban J connectivity index is 2.16. The summed E-state index contributed by atoms with van der Waals surface area (Å²) in [7, 11) is 0. The lowest BCUT2D eigenvalue weighted by Gasteiger charge is -2.36. The van der Waals surface area contributed by atoms with Gasteiger partial charge in [-0.05, 0) is 38.3 Å². The molecule has 2 rings (SSSR count). The molecule has 0 heterocycles. The number of nitrogens with zero attached hydrogens (tertiary/aromatic N) is 1. The molecular weight excluding hydrogens is 274 g/mol. The fraction of sp³-hybridized carbons (Fsp3) is 0.579. The van der Waals surface area contributed by atoms with Gasteiger partial charge >= 0.3 is 0 Å². The Bertz CT molecular complexity index is 491. The van der Waals surface area contributed by atoms with Gasteiger partial charge in [0.25, 0.3) is 0 Å². The highest BCUT2D eigenvalue weighted by molar-refractivity contribution is 5.95.